The highest BCUT2D eigenvalue weighted by Gasteiger charge is 2.11. The molecule has 130 valence electrons. The molecular formula is C20H17FN4O. The number of aromatic amines is 1. The van der Waals surface area contributed by atoms with Crippen LogP contribution in [0.4, 0.5) is 10.2 Å². The van der Waals surface area contributed by atoms with Crippen molar-refractivity contribution in [2.24, 2.45) is 0 Å². The Morgan fingerprint density at radius 1 is 1.12 bits per heavy atom. The molecule has 0 aliphatic heterocycles. The van der Waals surface area contributed by atoms with E-state index in [0.29, 0.717) is 12.4 Å². The van der Waals surface area contributed by atoms with E-state index < -0.39 is 5.82 Å². The number of methoxy groups -OCH3 is 1. The summed E-state index contributed by atoms with van der Waals surface area (Å²) in [7, 11) is 1.45. The normalized spacial score (nSPS) is 10.8. The lowest BCUT2D eigenvalue weighted by Crippen LogP contribution is -2.02. The van der Waals surface area contributed by atoms with Crippen molar-refractivity contribution in [1.29, 1.82) is 0 Å². The molecule has 0 saturated carbocycles. The van der Waals surface area contributed by atoms with E-state index in [1.54, 1.807) is 18.5 Å². The Hall–Kier alpha value is -3.41. The van der Waals surface area contributed by atoms with Gasteiger partial charge in [0.05, 0.1) is 7.11 Å². The number of aromatic nitrogens is 3. The maximum Gasteiger partial charge on any atom is 0.165 e. The zero-order valence-electron chi connectivity index (χ0n) is 14.2. The summed E-state index contributed by atoms with van der Waals surface area (Å²) in [5.41, 5.74) is 3.51. The summed E-state index contributed by atoms with van der Waals surface area (Å²) in [5.74, 6) is 0.545. The first kappa shape index (κ1) is 16.1. The Kier molecular flexibility index (Phi) is 4.23. The highest BCUT2D eigenvalue weighted by molar-refractivity contribution is 5.94. The molecule has 0 fully saturated rings. The van der Waals surface area contributed by atoms with E-state index in [0.717, 1.165) is 27.7 Å². The summed E-state index contributed by atoms with van der Waals surface area (Å²) < 4.78 is 19.2. The fraction of sp³-hybridized carbons (Fsp3) is 0.100. The van der Waals surface area contributed by atoms with Crippen molar-refractivity contribution in [3.63, 3.8) is 0 Å². The SMILES string of the molecule is COc1ccc(-c2cc(NCc3ccncc3)nc3[nH]ccc23)cc1F. The lowest BCUT2D eigenvalue weighted by atomic mass is 10.0. The van der Waals surface area contributed by atoms with Gasteiger partial charge in [0.1, 0.15) is 11.5 Å². The minimum atomic E-state index is -0.392. The fourth-order valence-electron chi connectivity index (χ4n) is 2.89. The molecule has 0 bridgehead atoms. The third-order valence-electron chi connectivity index (χ3n) is 4.21. The molecule has 0 saturated heterocycles. The molecule has 2 N–H and O–H groups in total. The molecular weight excluding hydrogens is 331 g/mol. The van der Waals surface area contributed by atoms with Gasteiger partial charge in [0.25, 0.3) is 0 Å². The third kappa shape index (κ3) is 3.09. The second kappa shape index (κ2) is 6.84. The Balaban J connectivity index is 1.72. The number of ether oxygens (including phenoxy) is 1. The number of benzene rings is 1. The molecule has 0 unspecified atom stereocenters. The molecule has 3 heterocycles. The predicted octanol–water partition coefficient (Wildman–Crippen LogP) is 4.38. The molecule has 0 spiro atoms. The minimum Gasteiger partial charge on any atom is -0.494 e. The van der Waals surface area contributed by atoms with Gasteiger partial charge < -0.3 is 15.0 Å². The van der Waals surface area contributed by atoms with Gasteiger partial charge in [-0.3, -0.25) is 4.98 Å². The summed E-state index contributed by atoms with van der Waals surface area (Å²) in [6, 6.07) is 12.7. The molecule has 0 atom stereocenters. The number of anilines is 1. The van der Waals surface area contributed by atoms with Crippen molar-refractivity contribution in [3.8, 4) is 16.9 Å². The summed E-state index contributed by atoms with van der Waals surface area (Å²) in [6.07, 6.45) is 5.34. The van der Waals surface area contributed by atoms with Crippen molar-refractivity contribution >= 4 is 16.9 Å². The van der Waals surface area contributed by atoms with Crippen LogP contribution in [0, 0.1) is 5.82 Å². The van der Waals surface area contributed by atoms with E-state index in [9.17, 15) is 4.39 Å². The maximum absolute atomic E-state index is 14.2. The number of nitrogens with one attached hydrogen (secondary N) is 2. The average molecular weight is 348 g/mol. The van der Waals surface area contributed by atoms with E-state index in [-0.39, 0.29) is 5.75 Å². The molecule has 0 aliphatic carbocycles. The van der Waals surface area contributed by atoms with Crippen LogP contribution in [0.5, 0.6) is 5.75 Å². The van der Waals surface area contributed by atoms with Crippen molar-refractivity contribution in [1.82, 2.24) is 15.0 Å². The smallest absolute Gasteiger partial charge is 0.165 e. The largest absolute Gasteiger partial charge is 0.494 e. The van der Waals surface area contributed by atoms with Gasteiger partial charge in [-0.1, -0.05) is 6.07 Å². The molecule has 0 aliphatic rings. The van der Waals surface area contributed by atoms with E-state index >= 15 is 0 Å². The molecule has 26 heavy (non-hydrogen) atoms. The van der Waals surface area contributed by atoms with Crippen LogP contribution < -0.4 is 10.1 Å². The first-order valence-corrected chi connectivity index (χ1v) is 8.19. The first-order valence-electron chi connectivity index (χ1n) is 8.19. The van der Waals surface area contributed by atoms with E-state index in [2.05, 4.69) is 20.3 Å². The first-order chi connectivity index (χ1) is 12.7. The molecule has 0 radical (unpaired) electrons. The number of hydrogen-bond donors (Lipinski definition) is 2. The van der Waals surface area contributed by atoms with Crippen LogP contribution in [-0.4, -0.2) is 22.1 Å². The van der Waals surface area contributed by atoms with Crippen molar-refractivity contribution in [3.05, 3.63) is 72.4 Å². The number of hydrogen-bond acceptors (Lipinski definition) is 4. The van der Waals surface area contributed by atoms with Crippen LogP contribution in [0.15, 0.2) is 61.1 Å². The van der Waals surface area contributed by atoms with Gasteiger partial charge in [-0.2, -0.15) is 0 Å². The Morgan fingerprint density at radius 2 is 1.96 bits per heavy atom. The highest BCUT2D eigenvalue weighted by Crippen LogP contribution is 2.32. The molecule has 5 nitrogen and oxygen atoms in total. The van der Waals surface area contributed by atoms with Crippen molar-refractivity contribution in [2.45, 2.75) is 6.54 Å². The van der Waals surface area contributed by atoms with Crippen LogP contribution >= 0.6 is 0 Å². The standard InChI is InChI=1S/C20H17FN4O/c1-26-18-3-2-14(10-17(18)21)16-11-19(25-20-15(16)6-9-23-20)24-12-13-4-7-22-8-5-13/h2-11H,12H2,1H3,(H2,23,24,25). The van der Waals surface area contributed by atoms with Gasteiger partial charge in [0.2, 0.25) is 0 Å². The van der Waals surface area contributed by atoms with E-state index in [1.165, 1.54) is 13.2 Å². The van der Waals surface area contributed by atoms with Gasteiger partial charge in [-0.25, -0.2) is 9.37 Å². The van der Waals surface area contributed by atoms with E-state index in [1.807, 2.05) is 36.5 Å². The van der Waals surface area contributed by atoms with Gasteiger partial charge in [0, 0.05) is 30.5 Å². The fourth-order valence-corrected chi connectivity index (χ4v) is 2.89. The van der Waals surface area contributed by atoms with Gasteiger partial charge in [-0.15, -0.1) is 0 Å². The van der Waals surface area contributed by atoms with Crippen LogP contribution in [0.2, 0.25) is 0 Å². The maximum atomic E-state index is 14.2. The molecule has 0 amide bonds. The number of halogens is 1. The zero-order chi connectivity index (χ0) is 17.9. The molecule has 6 heteroatoms. The quantitative estimate of drug-likeness (QED) is 0.562. The lowest BCUT2D eigenvalue weighted by Gasteiger charge is -2.11. The summed E-state index contributed by atoms with van der Waals surface area (Å²) in [6.45, 7) is 0.623. The molecule has 4 aromatic rings. The zero-order valence-corrected chi connectivity index (χ0v) is 14.2. The monoisotopic (exact) mass is 348 g/mol. The second-order valence-corrected chi connectivity index (χ2v) is 5.85. The average Bonchev–Trinajstić information content (AvgIpc) is 3.15. The lowest BCUT2D eigenvalue weighted by molar-refractivity contribution is 0.386. The molecule has 3 aromatic heterocycles. The molecule has 4 rings (SSSR count). The summed E-state index contributed by atoms with van der Waals surface area (Å²) >= 11 is 0. The van der Waals surface area contributed by atoms with Gasteiger partial charge in [0.15, 0.2) is 11.6 Å². The number of rotatable bonds is 5. The number of H-pyrrole nitrogens is 1. The van der Waals surface area contributed by atoms with Crippen LogP contribution in [0.25, 0.3) is 22.2 Å². The third-order valence-corrected chi connectivity index (χ3v) is 4.21. The van der Waals surface area contributed by atoms with Crippen molar-refractivity contribution in [2.75, 3.05) is 12.4 Å². The number of fused-ring (bicyclic) bond motifs is 1. The number of nitrogens with zero attached hydrogens (tertiary/aromatic N) is 2. The summed E-state index contributed by atoms with van der Waals surface area (Å²) in [4.78, 5) is 11.7. The topological polar surface area (TPSA) is 62.8 Å². The Labute approximate surface area is 149 Å². The number of pyridine rings is 2. The Bertz CT molecular complexity index is 1050. The highest BCUT2D eigenvalue weighted by atomic mass is 19.1. The summed E-state index contributed by atoms with van der Waals surface area (Å²) in [5, 5.41) is 4.25. The van der Waals surface area contributed by atoms with Crippen LogP contribution in [-0.2, 0) is 6.54 Å². The van der Waals surface area contributed by atoms with Crippen LogP contribution in [0.1, 0.15) is 5.56 Å². The molecule has 1 aromatic carbocycles. The van der Waals surface area contributed by atoms with E-state index in [4.69, 9.17) is 4.74 Å². The van der Waals surface area contributed by atoms with Gasteiger partial charge >= 0.3 is 0 Å². The second-order valence-electron chi connectivity index (χ2n) is 5.85. The Morgan fingerprint density at radius 3 is 2.73 bits per heavy atom. The van der Waals surface area contributed by atoms with Gasteiger partial charge in [-0.05, 0) is 53.1 Å². The minimum absolute atomic E-state index is 0.226. The predicted molar refractivity (Wildman–Crippen MR) is 99.6 cm³/mol. The van der Waals surface area contributed by atoms with Crippen LogP contribution in [0.3, 0.4) is 0 Å². The van der Waals surface area contributed by atoms with Crippen molar-refractivity contribution < 1.29 is 9.13 Å².